The van der Waals surface area contributed by atoms with Crippen molar-refractivity contribution >= 4 is 39.6 Å². The van der Waals surface area contributed by atoms with E-state index in [1.807, 2.05) is 6.26 Å². The summed E-state index contributed by atoms with van der Waals surface area (Å²) in [7, 11) is -2.41. The minimum Gasteiger partial charge on any atom is -0.466 e. The van der Waals surface area contributed by atoms with Gasteiger partial charge in [0.1, 0.15) is 6.04 Å². The summed E-state index contributed by atoms with van der Waals surface area (Å²) in [6.45, 7) is 2.60. The first-order chi connectivity index (χ1) is 15.7. The molecule has 1 saturated heterocycles. The molecule has 11 heteroatoms. The van der Waals surface area contributed by atoms with E-state index in [9.17, 15) is 22.8 Å². The number of ether oxygens (including phenoxy) is 1. The normalized spacial score (nSPS) is 17.3. The molecule has 0 bridgehead atoms. The summed E-state index contributed by atoms with van der Waals surface area (Å²) in [5.41, 5.74) is 0. The molecular formula is C22H33N3O6S2. The van der Waals surface area contributed by atoms with Crippen molar-refractivity contribution in [3.63, 3.8) is 0 Å². The molecule has 0 radical (unpaired) electrons. The molecule has 0 saturated carbocycles. The van der Waals surface area contributed by atoms with Crippen molar-refractivity contribution in [1.82, 2.24) is 14.5 Å². The van der Waals surface area contributed by atoms with Crippen LogP contribution in [0.5, 0.6) is 0 Å². The van der Waals surface area contributed by atoms with E-state index in [2.05, 4.69) is 4.72 Å². The quantitative estimate of drug-likeness (QED) is 0.457. The van der Waals surface area contributed by atoms with Crippen LogP contribution in [0.25, 0.3) is 0 Å². The second-order valence-corrected chi connectivity index (χ2v) is 10.6. The van der Waals surface area contributed by atoms with Crippen LogP contribution in [0.15, 0.2) is 35.2 Å². The van der Waals surface area contributed by atoms with Gasteiger partial charge in [0.15, 0.2) is 0 Å². The van der Waals surface area contributed by atoms with Crippen LogP contribution in [-0.2, 0) is 29.1 Å². The number of likely N-dealkylation sites (tertiary alicyclic amines) is 1. The van der Waals surface area contributed by atoms with Gasteiger partial charge in [0.2, 0.25) is 21.8 Å². The summed E-state index contributed by atoms with van der Waals surface area (Å²) >= 11 is 1.50. The Labute approximate surface area is 200 Å². The Balaban J connectivity index is 2.04. The number of likely N-dealkylation sites (N-methyl/N-ethyl adjacent to an activating group) is 1. The number of carbonyl (C=O) groups excluding carboxylic acids is 3. The minimum absolute atomic E-state index is 0.0732. The predicted molar refractivity (Wildman–Crippen MR) is 127 cm³/mol. The van der Waals surface area contributed by atoms with Crippen molar-refractivity contribution in [2.75, 3.05) is 45.3 Å². The number of hydrogen-bond acceptors (Lipinski definition) is 7. The number of carbonyl (C=O) groups is 3. The van der Waals surface area contributed by atoms with Crippen LogP contribution < -0.4 is 4.72 Å². The van der Waals surface area contributed by atoms with E-state index in [-0.39, 0.29) is 42.4 Å². The lowest BCUT2D eigenvalue weighted by atomic mass is 9.98. The molecule has 1 aromatic carbocycles. The molecule has 1 aliphatic rings. The van der Waals surface area contributed by atoms with Crippen LogP contribution in [-0.4, -0.2) is 87.3 Å². The maximum Gasteiger partial charge on any atom is 0.310 e. The lowest BCUT2D eigenvalue weighted by Crippen LogP contribution is -2.51. The summed E-state index contributed by atoms with van der Waals surface area (Å²) in [5.74, 6) is -0.865. The van der Waals surface area contributed by atoms with Gasteiger partial charge in [0.25, 0.3) is 0 Å². The third-order valence-corrected chi connectivity index (χ3v) is 7.53. The number of hydrogen-bond donors (Lipinski definition) is 1. The van der Waals surface area contributed by atoms with E-state index in [1.165, 1.54) is 35.8 Å². The van der Waals surface area contributed by atoms with E-state index < -0.39 is 22.0 Å². The van der Waals surface area contributed by atoms with E-state index in [1.54, 1.807) is 30.0 Å². The van der Waals surface area contributed by atoms with Crippen molar-refractivity contribution in [3.05, 3.63) is 30.3 Å². The van der Waals surface area contributed by atoms with Crippen molar-refractivity contribution in [2.24, 2.45) is 5.92 Å². The molecule has 2 amide bonds. The molecule has 2 atom stereocenters. The zero-order chi connectivity index (χ0) is 24.4. The summed E-state index contributed by atoms with van der Waals surface area (Å²) < 4.78 is 33.1. The van der Waals surface area contributed by atoms with Gasteiger partial charge in [-0.15, -0.1) is 0 Å². The number of sulfonamides is 1. The molecule has 1 N–H and O–H groups in total. The highest BCUT2D eigenvalue weighted by molar-refractivity contribution is 7.98. The zero-order valence-corrected chi connectivity index (χ0v) is 21.0. The van der Waals surface area contributed by atoms with Crippen molar-refractivity contribution in [2.45, 2.75) is 37.1 Å². The highest BCUT2D eigenvalue weighted by atomic mass is 32.2. The number of nitrogens with one attached hydrogen (secondary N) is 1. The number of rotatable bonds is 11. The van der Waals surface area contributed by atoms with Crippen LogP contribution >= 0.6 is 11.8 Å². The molecule has 0 spiro atoms. The van der Waals surface area contributed by atoms with Crippen LogP contribution in [0.1, 0.15) is 26.2 Å². The molecule has 0 aromatic heterocycles. The largest absolute Gasteiger partial charge is 0.466 e. The first kappa shape index (κ1) is 27.1. The average molecular weight is 500 g/mol. The Hall–Kier alpha value is -2.11. The molecule has 1 heterocycles. The standard InChI is InChI=1S/C22H33N3O6S2/c1-4-31-22(28)17-9-8-13-25(15-17)20(26)16-24(2)21(27)19(12-14-32-3)23-33(29,30)18-10-6-5-7-11-18/h5-7,10-11,17,19,23H,4,8-9,12-16H2,1-3H3. The molecule has 2 rings (SSSR count). The minimum atomic E-state index is -3.89. The molecule has 2 unspecified atom stereocenters. The Morgan fingerprint density at radius 1 is 1.27 bits per heavy atom. The van der Waals surface area contributed by atoms with Gasteiger partial charge >= 0.3 is 5.97 Å². The predicted octanol–water partition coefficient (Wildman–Crippen LogP) is 1.35. The van der Waals surface area contributed by atoms with Gasteiger partial charge in [-0.1, -0.05) is 18.2 Å². The monoisotopic (exact) mass is 499 g/mol. The topological polar surface area (TPSA) is 113 Å². The average Bonchev–Trinajstić information content (AvgIpc) is 2.82. The fourth-order valence-electron chi connectivity index (χ4n) is 3.63. The van der Waals surface area contributed by atoms with Gasteiger partial charge in [-0.3, -0.25) is 14.4 Å². The van der Waals surface area contributed by atoms with E-state index in [4.69, 9.17) is 4.74 Å². The lowest BCUT2D eigenvalue weighted by molar-refractivity contribution is -0.152. The number of thioether (sulfide) groups is 1. The third kappa shape index (κ3) is 8.01. The molecule has 1 aromatic rings. The number of piperidine rings is 1. The van der Waals surface area contributed by atoms with Crippen LogP contribution in [0.4, 0.5) is 0 Å². The van der Waals surface area contributed by atoms with Gasteiger partial charge in [-0.05, 0) is 50.3 Å². The van der Waals surface area contributed by atoms with Crippen LogP contribution in [0.3, 0.4) is 0 Å². The van der Waals surface area contributed by atoms with Crippen LogP contribution in [0, 0.1) is 5.92 Å². The highest BCUT2D eigenvalue weighted by Crippen LogP contribution is 2.18. The fraction of sp³-hybridized carbons (Fsp3) is 0.591. The first-order valence-electron chi connectivity index (χ1n) is 10.9. The van der Waals surface area contributed by atoms with Gasteiger partial charge in [-0.25, -0.2) is 8.42 Å². The summed E-state index contributed by atoms with van der Waals surface area (Å²) in [6, 6.07) is 6.86. The molecule has 0 aliphatic carbocycles. The maximum atomic E-state index is 13.1. The first-order valence-corrected chi connectivity index (χ1v) is 13.8. The maximum absolute atomic E-state index is 13.1. The molecule has 1 aliphatic heterocycles. The lowest BCUT2D eigenvalue weighted by Gasteiger charge is -2.33. The fourth-order valence-corrected chi connectivity index (χ4v) is 5.34. The zero-order valence-electron chi connectivity index (χ0n) is 19.4. The second-order valence-electron chi connectivity index (χ2n) is 7.89. The van der Waals surface area contributed by atoms with Crippen molar-refractivity contribution < 1.29 is 27.5 Å². The van der Waals surface area contributed by atoms with Crippen molar-refractivity contribution in [1.29, 1.82) is 0 Å². The summed E-state index contributed by atoms with van der Waals surface area (Å²) in [5, 5.41) is 0. The van der Waals surface area contributed by atoms with Crippen molar-refractivity contribution in [3.8, 4) is 0 Å². The Kier molecular flexibility index (Phi) is 10.6. The number of amides is 2. The summed E-state index contributed by atoms with van der Waals surface area (Å²) in [6.07, 6.45) is 3.51. The van der Waals surface area contributed by atoms with E-state index >= 15 is 0 Å². The van der Waals surface area contributed by atoms with Gasteiger partial charge in [-0.2, -0.15) is 16.5 Å². The van der Waals surface area contributed by atoms with E-state index in [0.29, 0.717) is 31.6 Å². The van der Waals surface area contributed by atoms with E-state index in [0.717, 1.165) is 0 Å². The number of nitrogens with zero attached hydrogens (tertiary/aromatic N) is 2. The molecule has 1 fully saturated rings. The molecule has 33 heavy (non-hydrogen) atoms. The van der Waals surface area contributed by atoms with Gasteiger partial charge < -0.3 is 14.5 Å². The SMILES string of the molecule is CCOC(=O)C1CCCN(C(=O)CN(C)C(=O)C(CCSC)NS(=O)(=O)c2ccccc2)C1. The Morgan fingerprint density at radius 3 is 2.61 bits per heavy atom. The molecule has 9 nitrogen and oxygen atoms in total. The van der Waals surface area contributed by atoms with Gasteiger partial charge in [0, 0.05) is 20.1 Å². The molecule has 184 valence electrons. The molecular weight excluding hydrogens is 466 g/mol. The second kappa shape index (κ2) is 13.0. The number of esters is 1. The number of benzene rings is 1. The summed E-state index contributed by atoms with van der Waals surface area (Å²) in [4.78, 5) is 40.8. The highest BCUT2D eigenvalue weighted by Gasteiger charge is 2.32. The Morgan fingerprint density at radius 2 is 1.97 bits per heavy atom. The van der Waals surface area contributed by atoms with Gasteiger partial charge in [0.05, 0.1) is 24.0 Å². The third-order valence-electron chi connectivity index (χ3n) is 5.40. The Bertz CT molecular complexity index is 910. The van der Waals surface area contributed by atoms with Crippen LogP contribution in [0.2, 0.25) is 0 Å². The smallest absolute Gasteiger partial charge is 0.310 e.